The van der Waals surface area contributed by atoms with E-state index in [1.807, 2.05) is 18.8 Å². The molecule has 0 spiro atoms. The van der Waals surface area contributed by atoms with Gasteiger partial charge in [0.1, 0.15) is 0 Å². The van der Waals surface area contributed by atoms with Crippen LogP contribution in [0.5, 0.6) is 0 Å². The fourth-order valence-corrected chi connectivity index (χ4v) is 2.93. The molecule has 1 aliphatic rings. The molecule has 0 unspecified atom stereocenters. The number of nitrogens with zero attached hydrogens (tertiary/aromatic N) is 4. The molecule has 0 radical (unpaired) electrons. The van der Waals surface area contributed by atoms with E-state index >= 15 is 0 Å². The number of hydrogen-bond acceptors (Lipinski definition) is 3. The third-order valence-corrected chi connectivity index (χ3v) is 4.14. The van der Waals surface area contributed by atoms with E-state index in [9.17, 15) is 0 Å². The van der Waals surface area contributed by atoms with Gasteiger partial charge >= 0.3 is 0 Å². The lowest BCUT2D eigenvalue weighted by atomic mass is 10.0. The van der Waals surface area contributed by atoms with E-state index in [2.05, 4.69) is 53.4 Å². The summed E-state index contributed by atoms with van der Waals surface area (Å²) in [6.45, 7) is 0.896. The maximum absolute atomic E-state index is 4.80. The Morgan fingerprint density at radius 3 is 2.77 bits per heavy atom. The van der Waals surface area contributed by atoms with Crippen molar-refractivity contribution in [2.45, 2.75) is 13.0 Å². The van der Waals surface area contributed by atoms with Crippen LogP contribution in [-0.2, 0) is 13.0 Å². The van der Waals surface area contributed by atoms with Gasteiger partial charge in [-0.3, -0.25) is 0 Å². The highest BCUT2D eigenvalue weighted by molar-refractivity contribution is 5.68. The molecule has 0 saturated carbocycles. The van der Waals surface area contributed by atoms with Gasteiger partial charge in [0.15, 0.2) is 11.6 Å². The van der Waals surface area contributed by atoms with Crippen molar-refractivity contribution in [2.24, 2.45) is 0 Å². The number of fused-ring (bicyclic) bond motifs is 3. The molecule has 0 saturated heterocycles. The second-order valence-electron chi connectivity index (χ2n) is 5.83. The molecule has 3 aromatic rings. The van der Waals surface area contributed by atoms with Crippen molar-refractivity contribution in [3.63, 3.8) is 0 Å². The molecule has 0 amide bonds. The van der Waals surface area contributed by atoms with Crippen LogP contribution in [0.4, 0.5) is 5.69 Å². The smallest absolute Gasteiger partial charge is 0.181 e. The van der Waals surface area contributed by atoms with E-state index in [-0.39, 0.29) is 0 Å². The summed E-state index contributed by atoms with van der Waals surface area (Å²) in [5, 5.41) is 4.71. The molecular weight excluding hydrogens is 272 g/mol. The molecule has 4 nitrogen and oxygen atoms in total. The van der Waals surface area contributed by atoms with Crippen molar-refractivity contribution in [1.82, 2.24) is 14.8 Å². The Bertz CT molecular complexity index is 833. The van der Waals surface area contributed by atoms with E-state index < -0.39 is 0 Å². The Morgan fingerprint density at radius 1 is 1.05 bits per heavy atom. The lowest BCUT2D eigenvalue weighted by Crippen LogP contribution is -2.12. The number of anilines is 1. The van der Waals surface area contributed by atoms with Gasteiger partial charge in [-0.15, -0.1) is 0 Å². The molecule has 22 heavy (non-hydrogen) atoms. The Morgan fingerprint density at radius 2 is 1.91 bits per heavy atom. The summed E-state index contributed by atoms with van der Waals surface area (Å²) >= 11 is 0. The van der Waals surface area contributed by atoms with Crippen LogP contribution in [0.2, 0.25) is 0 Å². The zero-order chi connectivity index (χ0) is 15.1. The van der Waals surface area contributed by atoms with Crippen LogP contribution in [0.1, 0.15) is 5.56 Å². The maximum Gasteiger partial charge on any atom is 0.181 e. The summed E-state index contributed by atoms with van der Waals surface area (Å²) in [5.74, 6) is 1.78. The summed E-state index contributed by atoms with van der Waals surface area (Å²) in [6, 6.07) is 16.8. The molecule has 1 aliphatic heterocycles. The monoisotopic (exact) mass is 290 g/mol. The first-order valence-electron chi connectivity index (χ1n) is 7.53. The predicted molar refractivity (Wildman–Crippen MR) is 88.9 cm³/mol. The summed E-state index contributed by atoms with van der Waals surface area (Å²) < 4.78 is 2.03. The minimum absolute atomic E-state index is 0.801. The fraction of sp³-hybridized carbons (Fsp3) is 0.222. The molecule has 4 rings (SSSR count). The van der Waals surface area contributed by atoms with Gasteiger partial charge < -0.3 is 4.90 Å². The lowest BCUT2D eigenvalue weighted by Gasteiger charge is -2.15. The molecule has 4 heteroatoms. The molecular formula is C18H18N4. The van der Waals surface area contributed by atoms with Crippen LogP contribution >= 0.6 is 0 Å². The van der Waals surface area contributed by atoms with Crippen molar-refractivity contribution in [2.75, 3.05) is 19.0 Å². The van der Waals surface area contributed by atoms with Gasteiger partial charge in [-0.2, -0.15) is 5.10 Å². The van der Waals surface area contributed by atoms with E-state index in [0.717, 1.165) is 35.9 Å². The average molecular weight is 290 g/mol. The van der Waals surface area contributed by atoms with Gasteiger partial charge in [-0.25, -0.2) is 9.67 Å². The zero-order valence-electron chi connectivity index (χ0n) is 12.8. The van der Waals surface area contributed by atoms with Crippen molar-refractivity contribution in [1.29, 1.82) is 0 Å². The van der Waals surface area contributed by atoms with Crippen molar-refractivity contribution < 1.29 is 0 Å². The molecule has 0 N–H and O–H groups in total. The molecule has 0 atom stereocenters. The van der Waals surface area contributed by atoms with Gasteiger partial charge in [0.2, 0.25) is 0 Å². The number of rotatable bonds is 2. The second-order valence-corrected chi connectivity index (χ2v) is 5.83. The van der Waals surface area contributed by atoms with Crippen LogP contribution in [0.25, 0.3) is 22.8 Å². The highest BCUT2D eigenvalue weighted by Gasteiger charge is 2.20. The van der Waals surface area contributed by atoms with Gasteiger partial charge in [0.25, 0.3) is 0 Å². The van der Waals surface area contributed by atoms with E-state index in [1.165, 1.54) is 11.1 Å². The van der Waals surface area contributed by atoms with E-state index in [1.54, 1.807) is 0 Å². The molecule has 1 aromatic heterocycles. The first-order valence-corrected chi connectivity index (χ1v) is 7.53. The van der Waals surface area contributed by atoms with Gasteiger partial charge in [0, 0.05) is 37.5 Å². The van der Waals surface area contributed by atoms with Gasteiger partial charge in [0.05, 0.1) is 0 Å². The normalized spacial score (nSPS) is 12.6. The average Bonchev–Trinajstić information content (AvgIpc) is 2.99. The molecule has 0 bridgehead atoms. The van der Waals surface area contributed by atoms with Gasteiger partial charge in [-0.1, -0.05) is 36.4 Å². The van der Waals surface area contributed by atoms with Crippen LogP contribution in [-0.4, -0.2) is 28.9 Å². The molecule has 0 fully saturated rings. The molecule has 2 heterocycles. The zero-order valence-corrected chi connectivity index (χ0v) is 12.8. The van der Waals surface area contributed by atoms with Crippen LogP contribution in [0, 0.1) is 0 Å². The van der Waals surface area contributed by atoms with Crippen molar-refractivity contribution >= 4 is 5.69 Å². The van der Waals surface area contributed by atoms with Crippen LogP contribution in [0.15, 0.2) is 48.5 Å². The summed E-state index contributed by atoms with van der Waals surface area (Å²) in [5.41, 5.74) is 4.78. The van der Waals surface area contributed by atoms with Crippen LogP contribution in [0.3, 0.4) is 0 Å². The molecule has 110 valence electrons. The third kappa shape index (κ3) is 2.08. The Balaban J connectivity index is 1.81. The standard InChI is InChI=1S/C18H18N4/c1-21(2)15-8-5-7-14(12-15)17-19-18-16-9-4-3-6-13(16)10-11-22(18)20-17/h3-9,12H,10-11H2,1-2H3. The predicted octanol–water partition coefficient (Wildman–Crippen LogP) is 3.23. The maximum atomic E-state index is 4.80. The van der Waals surface area contributed by atoms with Crippen molar-refractivity contribution in [3.8, 4) is 22.8 Å². The number of aryl methyl sites for hydroxylation is 2. The largest absolute Gasteiger partial charge is 0.378 e. The first-order chi connectivity index (χ1) is 10.7. The number of hydrogen-bond donors (Lipinski definition) is 0. The van der Waals surface area contributed by atoms with E-state index in [0.29, 0.717) is 0 Å². The first kappa shape index (κ1) is 13.1. The Labute approximate surface area is 130 Å². The third-order valence-electron chi connectivity index (χ3n) is 4.14. The summed E-state index contributed by atoms with van der Waals surface area (Å²) in [6.07, 6.45) is 1.02. The SMILES string of the molecule is CN(C)c1cccc(-c2nc3n(n2)CCc2ccccc2-3)c1. The summed E-state index contributed by atoms with van der Waals surface area (Å²) in [7, 11) is 4.09. The lowest BCUT2D eigenvalue weighted by molar-refractivity contribution is 0.607. The Kier molecular flexibility index (Phi) is 2.96. The number of aromatic nitrogens is 3. The minimum atomic E-state index is 0.801. The molecule has 2 aromatic carbocycles. The molecule has 0 aliphatic carbocycles. The minimum Gasteiger partial charge on any atom is -0.378 e. The van der Waals surface area contributed by atoms with Gasteiger partial charge in [-0.05, 0) is 24.1 Å². The van der Waals surface area contributed by atoms with Crippen molar-refractivity contribution in [3.05, 3.63) is 54.1 Å². The Hall–Kier alpha value is -2.62. The van der Waals surface area contributed by atoms with Crippen LogP contribution < -0.4 is 4.90 Å². The highest BCUT2D eigenvalue weighted by Crippen LogP contribution is 2.30. The highest BCUT2D eigenvalue weighted by atomic mass is 15.3. The quantitative estimate of drug-likeness (QED) is 0.726. The summed E-state index contributed by atoms with van der Waals surface area (Å²) in [4.78, 5) is 6.89. The topological polar surface area (TPSA) is 34.0 Å². The number of benzene rings is 2. The fourth-order valence-electron chi connectivity index (χ4n) is 2.93. The van der Waals surface area contributed by atoms with E-state index in [4.69, 9.17) is 10.1 Å². The second kappa shape index (κ2) is 4.98.